The van der Waals surface area contributed by atoms with Gasteiger partial charge in [0, 0.05) is 18.3 Å². The van der Waals surface area contributed by atoms with Gasteiger partial charge in [0.15, 0.2) is 0 Å². The molecule has 0 aliphatic heterocycles. The first-order chi connectivity index (χ1) is 7.67. The third kappa shape index (κ3) is 3.46. The van der Waals surface area contributed by atoms with Gasteiger partial charge in [-0.3, -0.25) is 0 Å². The van der Waals surface area contributed by atoms with Gasteiger partial charge in [-0.05, 0) is 18.2 Å². The molecule has 16 heavy (non-hydrogen) atoms. The molecule has 0 saturated carbocycles. The Morgan fingerprint density at radius 1 is 1.56 bits per heavy atom. The van der Waals surface area contributed by atoms with Crippen molar-refractivity contribution in [2.45, 2.75) is 0 Å². The maximum Gasteiger partial charge on any atom is 0.318 e. The Kier molecular flexibility index (Phi) is 4.65. The molecule has 5 heteroatoms. The fraction of sp³-hybridized carbons (Fsp3) is 0.182. The van der Waals surface area contributed by atoms with Crippen molar-refractivity contribution < 1.29 is 4.79 Å². The van der Waals surface area contributed by atoms with Gasteiger partial charge in [0.25, 0.3) is 0 Å². The highest BCUT2D eigenvalue weighted by Crippen LogP contribution is 2.19. The minimum absolute atomic E-state index is 0.267. The molecule has 0 radical (unpaired) electrons. The maximum atomic E-state index is 11.1. The maximum absolute atomic E-state index is 11.1. The van der Waals surface area contributed by atoms with Crippen molar-refractivity contribution in [1.29, 1.82) is 0 Å². The zero-order valence-electron chi connectivity index (χ0n) is 8.80. The van der Waals surface area contributed by atoms with Gasteiger partial charge in [0.2, 0.25) is 0 Å². The molecule has 84 valence electrons. The normalized spacial score (nSPS) is 8.94. The molecule has 2 amide bonds. The summed E-state index contributed by atoms with van der Waals surface area (Å²) in [6.07, 6.45) is 0. The predicted molar refractivity (Wildman–Crippen MR) is 65.5 cm³/mol. The van der Waals surface area contributed by atoms with E-state index in [0.29, 0.717) is 16.3 Å². The molecule has 0 saturated heterocycles. The van der Waals surface area contributed by atoms with Crippen LogP contribution in [0.2, 0.25) is 5.02 Å². The third-order valence-electron chi connectivity index (χ3n) is 1.78. The second kappa shape index (κ2) is 6.01. The molecule has 0 aliphatic carbocycles. The number of benzene rings is 1. The molecule has 0 spiro atoms. The number of amides is 2. The highest BCUT2D eigenvalue weighted by Gasteiger charge is 2.02. The Bertz CT molecular complexity index is 448. The van der Waals surface area contributed by atoms with E-state index >= 15 is 0 Å². The fourth-order valence-electron chi connectivity index (χ4n) is 1.04. The summed E-state index contributed by atoms with van der Waals surface area (Å²) in [5.74, 6) is 5.53. The molecule has 1 aromatic carbocycles. The summed E-state index contributed by atoms with van der Waals surface area (Å²) in [4.78, 5) is 11.1. The zero-order chi connectivity index (χ0) is 12.0. The van der Waals surface area contributed by atoms with E-state index in [1.165, 1.54) is 0 Å². The van der Waals surface area contributed by atoms with Crippen LogP contribution in [0.4, 0.5) is 10.5 Å². The first-order valence-corrected chi connectivity index (χ1v) is 5.02. The van der Waals surface area contributed by atoms with Crippen LogP contribution in [0.15, 0.2) is 18.2 Å². The van der Waals surface area contributed by atoms with Gasteiger partial charge >= 0.3 is 6.03 Å². The van der Waals surface area contributed by atoms with Crippen LogP contribution in [-0.2, 0) is 0 Å². The Morgan fingerprint density at radius 2 is 2.31 bits per heavy atom. The first kappa shape index (κ1) is 12.4. The SMILES string of the molecule is CNC(=O)Nc1ccc(Cl)c(C#CCN)c1. The van der Waals surface area contributed by atoms with Crippen LogP contribution in [0.1, 0.15) is 5.56 Å². The summed E-state index contributed by atoms with van der Waals surface area (Å²) < 4.78 is 0. The Morgan fingerprint density at radius 3 is 2.94 bits per heavy atom. The van der Waals surface area contributed by atoms with Gasteiger partial charge < -0.3 is 16.4 Å². The summed E-state index contributed by atoms with van der Waals surface area (Å²) in [6, 6.07) is 4.78. The average Bonchev–Trinajstić information content (AvgIpc) is 2.29. The van der Waals surface area contributed by atoms with E-state index < -0.39 is 0 Å². The van der Waals surface area contributed by atoms with Crippen molar-refractivity contribution in [2.75, 3.05) is 18.9 Å². The number of carbonyl (C=O) groups is 1. The van der Waals surface area contributed by atoms with E-state index in [0.717, 1.165) is 0 Å². The number of urea groups is 1. The molecule has 1 rings (SSSR count). The lowest BCUT2D eigenvalue weighted by molar-refractivity contribution is 0.254. The standard InChI is InChI=1S/C11H12ClN3O/c1-14-11(16)15-9-4-5-10(12)8(7-9)3-2-6-13/h4-5,7H,6,13H2,1H3,(H2,14,15,16). The largest absolute Gasteiger partial charge is 0.341 e. The van der Waals surface area contributed by atoms with E-state index in [-0.39, 0.29) is 12.6 Å². The topological polar surface area (TPSA) is 67.2 Å². The molecule has 1 aromatic rings. The molecule has 0 unspecified atom stereocenters. The van der Waals surface area contributed by atoms with Crippen LogP contribution < -0.4 is 16.4 Å². The number of nitrogens with one attached hydrogen (secondary N) is 2. The van der Waals surface area contributed by atoms with E-state index in [2.05, 4.69) is 22.5 Å². The average molecular weight is 238 g/mol. The van der Waals surface area contributed by atoms with Gasteiger partial charge in [0.05, 0.1) is 11.6 Å². The molecule has 4 nitrogen and oxygen atoms in total. The van der Waals surface area contributed by atoms with E-state index in [9.17, 15) is 4.79 Å². The van der Waals surface area contributed by atoms with Gasteiger partial charge in [-0.15, -0.1) is 0 Å². The molecule has 0 fully saturated rings. The highest BCUT2D eigenvalue weighted by atomic mass is 35.5. The van der Waals surface area contributed by atoms with Gasteiger partial charge in [-0.2, -0.15) is 0 Å². The molecule has 0 bridgehead atoms. The number of hydrogen-bond donors (Lipinski definition) is 3. The summed E-state index contributed by atoms with van der Waals surface area (Å²) in [5, 5.41) is 5.61. The third-order valence-corrected chi connectivity index (χ3v) is 2.11. The lowest BCUT2D eigenvalue weighted by Crippen LogP contribution is -2.24. The van der Waals surface area contributed by atoms with Crippen molar-refractivity contribution >= 4 is 23.3 Å². The van der Waals surface area contributed by atoms with E-state index in [4.69, 9.17) is 17.3 Å². The molecule has 4 N–H and O–H groups in total. The molecule has 0 aromatic heterocycles. The van der Waals surface area contributed by atoms with Crippen molar-refractivity contribution in [3.8, 4) is 11.8 Å². The zero-order valence-corrected chi connectivity index (χ0v) is 9.56. The Labute approximate surface area is 99.2 Å². The number of hydrogen-bond acceptors (Lipinski definition) is 2. The lowest BCUT2D eigenvalue weighted by Gasteiger charge is -2.05. The number of anilines is 1. The second-order valence-electron chi connectivity index (χ2n) is 2.90. The van der Waals surface area contributed by atoms with Gasteiger partial charge in [-0.25, -0.2) is 4.79 Å². The minimum atomic E-state index is -0.292. The summed E-state index contributed by atoms with van der Waals surface area (Å²) in [6.45, 7) is 0.267. The van der Waals surface area contributed by atoms with Crippen molar-refractivity contribution in [1.82, 2.24) is 5.32 Å². The summed E-state index contributed by atoms with van der Waals surface area (Å²) in [7, 11) is 1.54. The van der Waals surface area contributed by atoms with Crippen LogP contribution in [0, 0.1) is 11.8 Å². The lowest BCUT2D eigenvalue weighted by atomic mass is 10.2. The number of nitrogens with two attached hydrogens (primary N) is 1. The van der Waals surface area contributed by atoms with Crippen molar-refractivity contribution in [3.05, 3.63) is 28.8 Å². The quantitative estimate of drug-likeness (QED) is 0.647. The molecular formula is C11H12ClN3O. The molecular weight excluding hydrogens is 226 g/mol. The number of carbonyl (C=O) groups excluding carboxylic acids is 1. The highest BCUT2D eigenvalue weighted by molar-refractivity contribution is 6.31. The van der Waals surface area contributed by atoms with Crippen LogP contribution in [-0.4, -0.2) is 19.6 Å². The fourth-order valence-corrected chi connectivity index (χ4v) is 1.20. The molecule has 0 atom stereocenters. The van der Waals surface area contributed by atoms with Crippen LogP contribution >= 0.6 is 11.6 Å². The molecule has 0 aliphatic rings. The van der Waals surface area contributed by atoms with Crippen LogP contribution in [0.3, 0.4) is 0 Å². The minimum Gasteiger partial charge on any atom is -0.341 e. The van der Waals surface area contributed by atoms with Crippen molar-refractivity contribution in [2.24, 2.45) is 5.73 Å². The second-order valence-corrected chi connectivity index (χ2v) is 3.31. The van der Waals surface area contributed by atoms with Gasteiger partial charge in [-0.1, -0.05) is 23.4 Å². The summed E-state index contributed by atoms with van der Waals surface area (Å²) >= 11 is 5.93. The number of rotatable bonds is 1. The first-order valence-electron chi connectivity index (χ1n) is 4.64. The monoisotopic (exact) mass is 237 g/mol. The summed E-state index contributed by atoms with van der Waals surface area (Å²) in [5.41, 5.74) is 6.54. The smallest absolute Gasteiger partial charge is 0.318 e. The van der Waals surface area contributed by atoms with Crippen molar-refractivity contribution in [3.63, 3.8) is 0 Å². The van der Waals surface area contributed by atoms with E-state index in [1.54, 1.807) is 25.2 Å². The Hall–Kier alpha value is -1.70. The van der Waals surface area contributed by atoms with E-state index in [1.807, 2.05) is 0 Å². The molecule has 0 heterocycles. The number of halogens is 1. The van der Waals surface area contributed by atoms with Gasteiger partial charge in [0.1, 0.15) is 0 Å². The Balaban J connectivity index is 2.93. The van der Waals surface area contributed by atoms with Crippen LogP contribution in [0.25, 0.3) is 0 Å². The van der Waals surface area contributed by atoms with Crippen LogP contribution in [0.5, 0.6) is 0 Å². The predicted octanol–water partition coefficient (Wildman–Crippen LogP) is 1.40.